The highest BCUT2D eigenvalue weighted by Gasteiger charge is 2.31. The summed E-state index contributed by atoms with van der Waals surface area (Å²) in [4.78, 5) is 0. The molecule has 5 nitrogen and oxygen atoms in total. The lowest BCUT2D eigenvalue weighted by molar-refractivity contribution is 0.199. The SMILES string of the molecule is CC1CC(n2nnnc2-c2c(N)cccc2Cl)C1. The van der Waals surface area contributed by atoms with E-state index in [1.54, 1.807) is 6.07 Å². The normalized spacial score (nSPS) is 22.8. The smallest absolute Gasteiger partial charge is 0.185 e. The monoisotopic (exact) mass is 263 g/mol. The van der Waals surface area contributed by atoms with Crippen LogP contribution in [0.2, 0.25) is 5.02 Å². The summed E-state index contributed by atoms with van der Waals surface area (Å²) in [5, 5.41) is 12.5. The molecule has 1 aromatic carbocycles. The van der Waals surface area contributed by atoms with E-state index >= 15 is 0 Å². The van der Waals surface area contributed by atoms with Crippen LogP contribution in [0, 0.1) is 5.92 Å². The van der Waals surface area contributed by atoms with Gasteiger partial charge < -0.3 is 5.73 Å². The van der Waals surface area contributed by atoms with Crippen molar-refractivity contribution in [1.82, 2.24) is 20.2 Å². The van der Waals surface area contributed by atoms with Gasteiger partial charge in [-0.2, -0.15) is 0 Å². The zero-order valence-corrected chi connectivity index (χ0v) is 10.8. The molecule has 0 atom stereocenters. The summed E-state index contributed by atoms with van der Waals surface area (Å²) in [5.74, 6) is 1.39. The van der Waals surface area contributed by atoms with Gasteiger partial charge in [0.15, 0.2) is 5.82 Å². The molecule has 0 spiro atoms. The molecule has 0 amide bonds. The lowest BCUT2D eigenvalue weighted by atomic mass is 9.82. The Morgan fingerprint density at radius 2 is 2.17 bits per heavy atom. The fourth-order valence-corrected chi connectivity index (χ4v) is 2.71. The van der Waals surface area contributed by atoms with E-state index in [4.69, 9.17) is 17.3 Å². The van der Waals surface area contributed by atoms with E-state index in [0.717, 1.165) is 24.3 Å². The molecule has 0 aliphatic heterocycles. The van der Waals surface area contributed by atoms with E-state index in [9.17, 15) is 0 Å². The molecule has 1 aliphatic carbocycles. The summed E-state index contributed by atoms with van der Waals surface area (Å²) in [6, 6.07) is 5.79. The highest BCUT2D eigenvalue weighted by atomic mass is 35.5. The quantitative estimate of drug-likeness (QED) is 0.846. The molecule has 0 bridgehead atoms. The minimum atomic E-state index is 0.362. The van der Waals surface area contributed by atoms with Crippen molar-refractivity contribution in [2.45, 2.75) is 25.8 Å². The Bertz CT molecular complexity index is 553. The predicted molar refractivity (Wildman–Crippen MR) is 70.1 cm³/mol. The average molecular weight is 264 g/mol. The van der Waals surface area contributed by atoms with E-state index in [1.165, 1.54) is 0 Å². The molecule has 2 aromatic rings. The molecule has 1 aromatic heterocycles. The van der Waals surface area contributed by atoms with Crippen molar-refractivity contribution in [2.24, 2.45) is 5.92 Å². The minimum absolute atomic E-state index is 0.362. The van der Waals surface area contributed by atoms with Gasteiger partial charge in [0.05, 0.1) is 16.6 Å². The number of nitrogens with zero attached hydrogens (tertiary/aromatic N) is 4. The molecule has 18 heavy (non-hydrogen) atoms. The van der Waals surface area contributed by atoms with Gasteiger partial charge in [-0.25, -0.2) is 4.68 Å². The van der Waals surface area contributed by atoms with E-state index in [1.807, 2.05) is 16.8 Å². The van der Waals surface area contributed by atoms with Crippen LogP contribution in [0.4, 0.5) is 5.69 Å². The lowest BCUT2D eigenvalue weighted by Gasteiger charge is -2.32. The summed E-state index contributed by atoms with van der Waals surface area (Å²) in [6.45, 7) is 2.23. The average Bonchev–Trinajstić information content (AvgIpc) is 2.73. The van der Waals surface area contributed by atoms with Crippen molar-refractivity contribution in [2.75, 3.05) is 5.73 Å². The number of tetrazole rings is 1. The molecular formula is C12H14ClN5. The Balaban J connectivity index is 2.05. The molecule has 0 unspecified atom stereocenters. The topological polar surface area (TPSA) is 69.6 Å². The van der Waals surface area contributed by atoms with Crippen LogP contribution in [-0.2, 0) is 0 Å². The van der Waals surface area contributed by atoms with Gasteiger partial charge in [0, 0.05) is 5.69 Å². The van der Waals surface area contributed by atoms with Crippen LogP contribution in [-0.4, -0.2) is 20.2 Å². The Labute approximate surface area is 110 Å². The maximum atomic E-state index is 6.20. The second-order valence-electron chi connectivity index (χ2n) is 4.88. The third-order valence-corrected chi connectivity index (χ3v) is 3.77. The zero-order chi connectivity index (χ0) is 12.7. The Morgan fingerprint density at radius 1 is 1.39 bits per heavy atom. The van der Waals surface area contributed by atoms with Crippen molar-refractivity contribution < 1.29 is 0 Å². The summed E-state index contributed by atoms with van der Waals surface area (Å²) < 4.78 is 1.84. The van der Waals surface area contributed by atoms with Gasteiger partial charge >= 0.3 is 0 Å². The number of nitrogens with two attached hydrogens (primary N) is 1. The van der Waals surface area contributed by atoms with E-state index in [-0.39, 0.29) is 0 Å². The van der Waals surface area contributed by atoms with Gasteiger partial charge in [-0.15, -0.1) is 5.10 Å². The van der Waals surface area contributed by atoms with Gasteiger partial charge in [-0.05, 0) is 41.3 Å². The summed E-state index contributed by atoms with van der Waals surface area (Å²) in [5.41, 5.74) is 7.30. The molecule has 1 saturated carbocycles. The fourth-order valence-electron chi connectivity index (χ4n) is 2.44. The van der Waals surface area contributed by atoms with Crippen LogP contribution in [0.1, 0.15) is 25.8 Å². The van der Waals surface area contributed by atoms with Crippen LogP contribution in [0.5, 0.6) is 0 Å². The molecule has 94 valence electrons. The highest BCUT2D eigenvalue weighted by Crippen LogP contribution is 2.40. The second-order valence-corrected chi connectivity index (χ2v) is 5.29. The number of hydrogen-bond donors (Lipinski definition) is 1. The van der Waals surface area contributed by atoms with Gasteiger partial charge in [-0.1, -0.05) is 24.6 Å². The van der Waals surface area contributed by atoms with E-state index in [0.29, 0.717) is 22.6 Å². The van der Waals surface area contributed by atoms with Crippen molar-refractivity contribution >= 4 is 17.3 Å². The molecule has 6 heteroatoms. The van der Waals surface area contributed by atoms with Crippen molar-refractivity contribution in [1.29, 1.82) is 0 Å². The van der Waals surface area contributed by atoms with Crippen LogP contribution < -0.4 is 5.73 Å². The number of benzene rings is 1. The molecule has 1 aliphatic rings. The van der Waals surface area contributed by atoms with Crippen LogP contribution in [0.25, 0.3) is 11.4 Å². The zero-order valence-electron chi connectivity index (χ0n) is 10.0. The van der Waals surface area contributed by atoms with E-state index < -0.39 is 0 Å². The number of nitrogen functional groups attached to an aromatic ring is 1. The standard InChI is InChI=1S/C12H14ClN5/c1-7-5-8(6-7)18-12(15-16-17-18)11-9(13)3-2-4-10(11)14/h2-4,7-8H,5-6,14H2,1H3. The highest BCUT2D eigenvalue weighted by molar-refractivity contribution is 6.33. The van der Waals surface area contributed by atoms with E-state index in [2.05, 4.69) is 22.4 Å². The van der Waals surface area contributed by atoms with Crippen LogP contribution in [0.15, 0.2) is 18.2 Å². The number of aromatic nitrogens is 4. The minimum Gasteiger partial charge on any atom is -0.398 e. The first kappa shape index (κ1) is 11.5. The number of hydrogen-bond acceptors (Lipinski definition) is 4. The molecule has 3 rings (SSSR count). The first-order chi connectivity index (χ1) is 8.66. The third-order valence-electron chi connectivity index (χ3n) is 3.46. The Morgan fingerprint density at radius 3 is 2.83 bits per heavy atom. The number of halogens is 1. The maximum Gasteiger partial charge on any atom is 0.185 e. The van der Waals surface area contributed by atoms with Gasteiger partial charge in [0.25, 0.3) is 0 Å². The molecule has 0 saturated heterocycles. The van der Waals surface area contributed by atoms with Crippen molar-refractivity contribution in [3.63, 3.8) is 0 Å². The van der Waals surface area contributed by atoms with Crippen LogP contribution in [0.3, 0.4) is 0 Å². The van der Waals surface area contributed by atoms with Crippen LogP contribution >= 0.6 is 11.6 Å². The maximum absolute atomic E-state index is 6.20. The Hall–Kier alpha value is -1.62. The summed E-state index contributed by atoms with van der Waals surface area (Å²) in [6.07, 6.45) is 2.20. The largest absolute Gasteiger partial charge is 0.398 e. The molecule has 0 radical (unpaired) electrons. The lowest BCUT2D eigenvalue weighted by Crippen LogP contribution is -2.26. The number of rotatable bonds is 2. The molecule has 1 heterocycles. The molecular weight excluding hydrogens is 250 g/mol. The first-order valence-electron chi connectivity index (χ1n) is 5.99. The van der Waals surface area contributed by atoms with Crippen molar-refractivity contribution in [3.8, 4) is 11.4 Å². The Kier molecular flexibility index (Phi) is 2.70. The number of anilines is 1. The predicted octanol–water partition coefficient (Wildman–Crippen LogP) is 2.55. The molecule has 1 fully saturated rings. The fraction of sp³-hybridized carbons (Fsp3) is 0.417. The van der Waals surface area contributed by atoms with Gasteiger partial charge in [0.2, 0.25) is 0 Å². The first-order valence-corrected chi connectivity index (χ1v) is 6.37. The van der Waals surface area contributed by atoms with Gasteiger partial charge in [-0.3, -0.25) is 0 Å². The summed E-state index contributed by atoms with van der Waals surface area (Å²) in [7, 11) is 0. The third kappa shape index (κ3) is 1.75. The summed E-state index contributed by atoms with van der Waals surface area (Å²) >= 11 is 6.20. The second kappa shape index (κ2) is 4.24. The molecule has 2 N–H and O–H groups in total. The van der Waals surface area contributed by atoms with Crippen molar-refractivity contribution in [3.05, 3.63) is 23.2 Å². The van der Waals surface area contributed by atoms with Gasteiger partial charge in [0.1, 0.15) is 0 Å².